The van der Waals surface area contributed by atoms with Crippen LogP contribution in [0.15, 0.2) is 0 Å². The predicted molar refractivity (Wildman–Crippen MR) is 60.3 cm³/mol. The van der Waals surface area contributed by atoms with Gasteiger partial charge in [0.1, 0.15) is 0 Å². The Morgan fingerprint density at radius 1 is 1.50 bits per heavy atom. The third kappa shape index (κ3) is 4.13. The number of nitrogens with zero attached hydrogens (tertiary/aromatic N) is 1. The van der Waals surface area contributed by atoms with E-state index in [4.69, 9.17) is 0 Å². The molecule has 6 heteroatoms. The lowest BCUT2D eigenvalue weighted by Gasteiger charge is -2.30. The molecular weight excluding hydrogens is 224 g/mol. The van der Waals surface area contributed by atoms with Gasteiger partial charge in [-0.05, 0) is 32.4 Å². The zero-order valence-corrected chi connectivity index (χ0v) is 10.3. The molecule has 0 amide bonds. The summed E-state index contributed by atoms with van der Waals surface area (Å²) in [6.07, 6.45) is 3.40. The first-order valence-corrected chi connectivity index (χ1v) is 6.48. The standard InChI is InChI=1S/C8H18N2O2S.ClH/c1-9-6-8-4-3-5-10(7-8)13(2,11)12;/h8-9H,3-7H2,1-2H3;1H. The molecule has 1 atom stereocenters. The molecule has 1 N–H and O–H groups in total. The highest BCUT2D eigenvalue weighted by Crippen LogP contribution is 2.17. The van der Waals surface area contributed by atoms with E-state index in [2.05, 4.69) is 5.32 Å². The molecule has 1 unspecified atom stereocenters. The summed E-state index contributed by atoms with van der Waals surface area (Å²) >= 11 is 0. The van der Waals surface area contributed by atoms with Gasteiger partial charge in [0.05, 0.1) is 6.26 Å². The van der Waals surface area contributed by atoms with Crippen molar-refractivity contribution in [3.63, 3.8) is 0 Å². The molecule has 1 heterocycles. The average molecular weight is 243 g/mol. The molecule has 0 radical (unpaired) electrons. The molecule has 14 heavy (non-hydrogen) atoms. The molecule has 0 spiro atoms. The van der Waals surface area contributed by atoms with Crippen molar-refractivity contribution in [3.05, 3.63) is 0 Å². The highest BCUT2D eigenvalue weighted by atomic mass is 35.5. The summed E-state index contributed by atoms with van der Waals surface area (Å²) in [5.41, 5.74) is 0. The molecule has 1 aliphatic rings. The molecule has 0 aromatic carbocycles. The quantitative estimate of drug-likeness (QED) is 0.775. The Hall–Kier alpha value is 0.160. The Morgan fingerprint density at radius 2 is 2.14 bits per heavy atom. The molecule has 86 valence electrons. The SMILES string of the molecule is CNCC1CCCN(S(C)(=O)=O)C1.Cl. The van der Waals surface area contributed by atoms with Crippen molar-refractivity contribution in [1.29, 1.82) is 0 Å². The summed E-state index contributed by atoms with van der Waals surface area (Å²) in [5, 5.41) is 3.09. The fourth-order valence-electron chi connectivity index (χ4n) is 1.78. The van der Waals surface area contributed by atoms with Crippen LogP contribution < -0.4 is 5.32 Å². The molecule has 0 saturated carbocycles. The molecule has 1 saturated heterocycles. The summed E-state index contributed by atoms with van der Waals surface area (Å²) in [7, 11) is -1.07. The van der Waals surface area contributed by atoms with Gasteiger partial charge in [-0.1, -0.05) is 0 Å². The Labute approximate surface area is 92.5 Å². The van der Waals surface area contributed by atoms with Crippen LogP contribution in [0.2, 0.25) is 0 Å². The van der Waals surface area contributed by atoms with Crippen molar-refractivity contribution in [1.82, 2.24) is 9.62 Å². The molecule has 1 rings (SSSR count). The fourth-order valence-corrected chi connectivity index (χ4v) is 2.73. The van der Waals surface area contributed by atoms with Crippen LogP contribution in [0.5, 0.6) is 0 Å². The maximum absolute atomic E-state index is 11.2. The number of rotatable bonds is 3. The Balaban J connectivity index is 0.00000169. The molecule has 4 nitrogen and oxygen atoms in total. The lowest BCUT2D eigenvalue weighted by Crippen LogP contribution is -2.41. The van der Waals surface area contributed by atoms with Gasteiger partial charge in [-0.2, -0.15) is 0 Å². The average Bonchev–Trinajstić information content (AvgIpc) is 2.04. The van der Waals surface area contributed by atoms with Gasteiger partial charge in [-0.25, -0.2) is 12.7 Å². The van der Waals surface area contributed by atoms with E-state index in [-0.39, 0.29) is 12.4 Å². The van der Waals surface area contributed by atoms with Gasteiger partial charge in [-0.3, -0.25) is 0 Å². The number of piperidine rings is 1. The van der Waals surface area contributed by atoms with E-state index in [1.165, 1.54) is 6.26 Å². The largest absolute Gasteiger partial charge is 0.319 e. The third-order valence-electron chi connectivity index (χ3n) is 2.44. The van der Waals surface area contributed by atoms with Crippen LogP contribution in [-0.4, -0.2) is 45.7 Å². The van der Waals surface area contributed by atoms with E-state index in [9.17, 15) is 8.42 Å². The van der Waals surface area contributed by atoms with Crippen molar-refractivity contribution in [3.8, 4) is 0 Å². The second-order valence-electron chi connectivity index (χ2n) is 3.69. The second kappa shape index (κ2) is 5.90. The minimum absolute atomic E-state index is 0. The van der Waals surface area contributed by atoms with E-state index in [1.807, 2.05) is 7.05 Å². The third-order valence-corrected chi connectivity index (χ3v) is 3.71. The number of nitrogens with one attached hydrogen (secondary N) is 1. The van der Waals surface area contributed by atoms with Crippen molar-refractivity contribution in [2.45, 2.75) is 12.8 Å². The van der Waals surface area contributed by atoms with Crippen LogP contribution in [0.25, 0.3) is 0 Å². The Morgan fingerprint density at radius 3 is 2.64 bits per heavy atom. The zero-order valence-electron chi connectivity index (χ0n) is 8.69. The van der Waals surface area contributed by atoms with Gasteiger partial charge < -0.3 is 5.32 Å². The number of hydrogen-bond donors (Lipinski definition) is 1. The topological polar surface area (TPSA) is 49.4 Å². The highest BCUT2D eigenvalue weighted by Gasteiger charge is 2.24. The second-order valence-corrected chi connectivity index (χ2v) is 5.67. The summed E-state index contributed by atoms with van der Waals surface area (Å²) in [6, 6.07) is 0. The van der Waals surface area contributed by atoms with Gasteiger partial charge in [-0.15, -0.1) is 12.4 Å². The fraction of sp³-hybridized carbons (Fsp3) is 1.00. The Bertz CT molecular complexity index is 254. The number of halogens is 1. The maximum Gasteiger partial charge on any atom is 0.211 e. The van der Waals surface area contributed by atoms with Gasteiger partial charge in [0.25, 0.3) is 0 Å². The van der Waals surface area contributed by atoms with E-state index in [1.54, 1.807) is 4.31 Å². The van der Waals surface area contributed by atoms with E-state index in [0.29, 0.717) is 19.0 Å². The summed E-state index contributed by atoms with van der Waals surface area (Å²) in [4.78, 5) is 0. The first kappa shape index (κ1) is 14.2. The summed E-state index contributed by atoms with van der Waals surface area (Å²) in [5.74, 6) is 0.480. The molecular formula is C8H19ClN2O2S. The molecule has 0 aliphatic carbocycles. The molecule has 1 fully saturated rings. The van der Waals surface area contributed by atoms with Gasteiger partial charge in [0.15, 0.2) is 0 Å². The van der Waals surface area contributed by atoms with E-state index in [0.717, 1.165) is 19.4 Å². The van der Waals surface area contributed by atoms with Gasteiger partial charge >= 0.3 is 0 Å². The molecule has 1 aliphatic heterocycles. The smallest absolute Gasteiger partial charge is 0.211 e. The summed E-state index contributed by atoms with van der Waals surface area (Å²) in [6.45, 7) is 2.28. The number of hydrogen-bond acceptors (Lipinski definition) is 3. The highest BCUT2D eigenvalue weighted by molar-refractivity contribution is 7.88. The van der Waals surface area contributed by atoms with Crippen LogP contribution in [0.3, 0.4) is 0 Å². The molecule has 0 aromatic heterocycles. The molecule has 0 aromatic rings. The Kier molecular flexibility index (Phi) is 5.97. The zero-order chi connectivity index (χ0) is 9.90. The van der Waals surface area contributed by atoms with Crippen molar-refractivity contribution >= 4 is 22.4 Å². The van der Waals surface area contributed by atoms with Gasteiger partial charge in [0.2, 0.25) is 10.0 Å². The van der Waals surface area contributed by atoms with Gasteiger partial charge in [0, 0.05) is 13.1 Å². The van der Waals surface area contributed by atoms with Crippen LogP contribution in [0.4, 0.5) is 0 Å². The minimum Gasteiger partial charge on any atom is -0.319 e. The lowest BCUT2D eigenvalue weighted by atomic mass is 10.00. The minimum atomic E-state index is -2.97. The number of sulfonamides is 1. The van der Waals surface area contributed by atoms with Crippen LogP contribution >= 0.6 is 12.4 Å². The van der Waals surface area contributed by atoms with Crippen LogP contribution in [-0.2, 0) is 10.0 Å². The first-order chi connectivity index (χ1) is 6.04. The van der Waals surface area contributed by atoms with E-state index < -0.39 is 10.0 Å². The van der Waals surface area contributed by atoms with E-state index >= 15 is 0 Å². The first-order valence-electron chi connectivity index (χ1n) is 4.63. The monoisotopic (exact) mass is 242 g/mol. The normalized spacial score (nSPS) is 24.3. The van der Waals surface area contributed by atoms with Crippen molar-refractivity contribution < 1.29 is 8.42 Å². The lowest BCUT2D eigenvalue weighted by molar-refractivity contribution is 0.265. The van der Waals surface area contributed by atoms with Crippen LogP contribution in [0, 0.1) is 5.92 Å². The van der Waals surface area contributed by atoms with Crippen LogP contribution in [0.1, 0.15) is 12.8 Å². The van der Waals surface area contributed by atoms with Crippen molar-refractivity contribution in [2.24, 2.45) is 5.92 Å². The molecule has 0 bridgehead atoms. The predicted octanol–water partition coefficient (Wildman–Crippen LogP) is 0.299. The van der Waals surface area contributed by atoms with Crippen molar-refractivity contribution in [2.75, 3.05) is 32.9 Å². The maximum atomic E-state index is 11.2. The summed E-state index contributed by atoms with van der Waals surface area (Å²) < 4.78 is 24.1.